The van der Waals surface area contributed by atoms with E-state index < -0.39 is 0 Å². The summed E-state index contributed by atoms with van der Waals surface area (Å²) in [4.78, 5) is 29.1. The van der Waals surface area contributed by atoms with Gasteiger partial charge in [-0.25, -0.2) is 9.97 Å². The van der Waals surface area contributed by atoms with E-state index in [1.807, 2.05) is 56.4 Å². The lowest BCUT2D eigenvalue weighted by atomic mass is 10.2. The number of carbonyl (C=O) groups is 1. The molecule has 0 atom stereocenters. The van der Waals surface area contributed by atoms with Crippen LogP contribution in [0.4, 0.5) is 34.6 Å². The quantitative estimate of drug-likeness (QED) is 0.307. The molecule has 1 amide bonds. The molecule has 0 aliphatic carbocycles. The number of aromatic nitrogens is 3. The Bertz CT molecular complexity index is 1190. The lowest BCUT2D eigenvalue weighted by Gasteiger charge is -2.25. The van der Waals surface area contributed by atoms with Crippen molar-refractivity contribution in [2.75, 3.05) is 62.2 Å². The van der Waals surface area contributed by atoms with Crippen molar-refractivity contribution in [2.45, 2.75) is 0 Å². The highest BCUT2D eigenvalue weighted by molar-refractivity contribution is 9.10. The predicted molar refractivity (Wildman–Crippen MR) is 144 cm³/mol. The number of carbonyl (C=O) groups excluding carboxylic acids is 1. The highest BCUT2D eigenvalue weighted by Crippen LogP contribution is 2.38. The molecule has 3 aromatic rings. The first kappa shape index (κ1) is 25.9. The van der Waals surface area contributed by atoms with Crippen molar-refractivity contribution < 1.29 is 9.53 Å². The molecule has 0 aliphatic rings. The van der Waals surface area contributed by atoms with E-state index in [2.05, 4.69) is 58.3 Å². The van der Waals surface area contributed by atoms with Gasteiger partial charge in [0.15, 0.2) is 0 Å². The summed E-state index contributed by atoms with van der Waals surface area (Å²) in [7, 11) is 7.56. The molecule has 0 saturated carbocycles. The highest BCUT2D eigenvalue weighted by Gasteiger charge is 2.16. The van der Waals surface area contributed by atoms with E-state index in [1.54, 1.807) is 13.2 Å². The molecular formula is C24H29BrN8O2. The van der Waals surface area contributed by atoms with Crippen molar-refractivity contribution in [1.29, 1.82) is 0 Å². The SMILES string of the molecule is C=CC(=O)Nc1cc(Nc2ncnc(Nc3cccc(Br)c3)n2)c(OC)cc1N(C)CCN(C)C. The van der Waals surface area contributed by atoms with Crippen LogP contribution >= 0.6 is 15.9 Å². The van der Waals surface area contributed by atoms with E-state index in [4.69, 9.17) is 4.74 Å². The molecule has 3 N–H and O–H groups in total. The van der Waals surface area contributed by atoms with Crippen molar-refractivity contribution in [3.63, 3.8) is 0 Å². The van der Waals surface area contributed by atoms with Crippen LogP contribution in [0, 0.1) is 0 Å². The van der Waals surface area contributed by atoms with Crippen LogP contribution in [0.2, 0.25) is 0 Å². The topological polar surface area (TPSA) is 108 Å². The number of ether oxygens (including phenoxy) is 1. The van der Waals surface area contributed by atoms with Gasteiger partial charge >= 0.3 is 0 Å². The van der Waals surface area contributed by atoms with Crippen LogP contribution in [0.3, 0.4) is 0 Å². The minimum absolute atomic E-state index is 0.311. The van der Waals surface area contributed by atoms with E-state index >= 15 is 0 Å². The molecule has 2 aromatic carbocycles. The Morgan fingerprint density at radius 1 is 1.09 bits per heavy atom. The van der Waals surface area contributed by atoms with Crippen LogP contribution in [-0.2, 0) is 4.79 Å². The van der Waals surface area contributed by atoms with E-state index in [0.29, 0.717) is 29.0 Å². The predicted octanol–water partition coefficient (Wildman–Crippen LogP) is 4.25. The van der Waals surface area contributed by atoms with E-state index in [9.17, 15) is 4.79 Å². The van der Waals surface area contributed by atoms with E-state index in [0.717, 1.165) is 28.9 Å². The summed E-state index contributed by atoms with van der Waals surface area (Å²) in [6.45, 7) is 5.14. The molecule has 11 heteroatoms. The molecule has 0 bridgehead atoms. The summed E-state index contributed by atoms with van der Waals surface area (Å²) in [6.07, 6.45) is 2.64. The maximum Gasteiger partial charge on any atom is 0.247 e. The third-order valence-electron chi connectivity index (χ3n) is 4.95. The zero-order valence-corrected chi connectivity index (χ0v) is 21.8. The van der Waals surface area contributed by atoms with Gasteiger partial charge in [-0.05, 0) is 44.4 Å². The molecule has 35 heavy (non-hydrogen) atoms. The minimum atomic E-state index is -0.316. The van der Waals surface area contributed by atoms with Crippen LogP contribution in [0.1, 0.15) is 0 Å². The number of methoxy groups -OCH3 is 1. The van der Waals surface area contributed by atoms with Crippen molar-refractivity contribution in [3.05, 3.63) is 59.9 Å². The van der Waals surface area contributed by atoms with Gasteiger partial charge in [-0.2, -0.15) is 4.98 Å². The first-order valence-corrected chi connectivity index (χ1v) is 11.6. The fourth-order valence-electron chi connectivity index (χ4n) is 3.14. The molecule has 0 aliphatic heterocycles. The molecule has 0 saturated heterocycles. The number of rotatable bonds is 11. The molecule has 1 heterocycles. The number of hydrogen-bond acceptors (Lipinski definition) is 9. The van der Waals surface area contributed by atoms with Crippen LogP contribution in [0.5, 0.6) is 5.75 Å². The molecule has 1 aromatic heterocycles. The first-order valence-electron chi connectivity index (χ1n) is 10.8. The zero-order valence-electron chi connectivity index (χ0n) is 20.2. The fourth-order valence-corrected chi connectivity index (χ4v) is 3.54. The summed E-state index contributed by atoms with van der Waals surface area (Å²) in [6, 6.07) is 11.3. The van der Waals surface area contributed by atoms with Crippen LogP contribution in [0.25, 0.3) is 0 Å². The Morgan fingerprint density at radius 2 is 1.83 bits per heavy atom. The number of benzene rings is 2. The zero-order chi connectivity index (χ0) is 25.4. The van der Waals surface area contributed by atoms with Crippen molar-refractivity contribution in [2.24, 2.45) is 0 Å². The number of nitrogens with one attached hydrogen (secondary N) is 3. The van der Waals surface area contributed by atoms with Gasteiger partial charge in [0, 0.05) is 36.4 Å². The summed E-state index contributed by atoms with van der Waals surface area (Å²) in [5.41, 5.74) is 2.81. The molecule has 184 valence electrons. The standard InChI is InChI=1S/C24H29BrN8O2/c1-6-22(34)29-18-13-19(21(35-5)14-20(18)33(4)11-10-32(2)3)30-24-27-15-26-23(31-24)28-17-9-7-8-16(25)12-17/h6-9,12-15H,1,10-11H2,2-5H3,(H,29,34)(H2,26,27,28,30,31). The van der Waals surface area contributed by atoms with Crippen LogP contribution < -0.4 is 25.6 Å². The Kier molecular flexibility index (Phi) is 8.98. The smallest absolute Gasteiger partial charge is 0.247 e. The Hall–Kier alpha value is -3.70. The molecule has 0 radical (unpaired) electrons. The van der Waals surface area contributed by atoms with Gasteiger partial charge in [-0.3, -0.25) is 4.79 Å². The number of anilines is 6. The molecular weight excluding hydrogens is 512 g/mol. The van der Waals surface area contributed by atoms with Crippen molar-refractivity contribution in [1.82, 2.24) is 19.9 Å². The third kappa shape index (κ3) is 7.39. The Labute approximate surface area is 213 Å². The normalized spacial score (nSPS) is 10.6. The minimum Gasteiger partial charge on any atom is -0.494 e. The van der Waals surface area contributed by atoms with Crippen LogP contribution in [0.15, 0.2) is 59.9 Å². The lowest BCUT2D eigenvalue weighted by molar-refractivity contribution is -0.111. The second-order valence-corrected chi connectivity index (χ2v) is 8.80. The van der Waals surface area contributed by atoms with Gasteiger partial charge in [0.25, 0.3) is 0 Å². The van der Waals surface area contributed by atoms with Gasteiger partial charge < -0.3 is 30.5 Å². The molecule has 3 rings (SSSR count). The maximum atomic E-state index is 12.1. The van der Waals surface area contributed by atoms with Crippen molar-refractivity contribution in [3.8, 4) is 5.75 Å². The number of hydrogen-bond donors (Lipinski definition) is 3. The van der Waals surface area contributed by atoms with E-state index in [-0.39, 0.29) is 5.91 Å². The lowest BCUT2D eigenvalue weighted by Crippen LogP contribution is -2.29. The van der Waals surface area contributed by atoms with Gasteiger partial charge in [-0.15, -0.1) is 0 Å². The van der Waals surface area contributed by atoms with Gasteiger partial charge in [-0.1, -0.05) is 28.6 Å². The Morgan fingerprint density at radius 3 is 2.49 bits per heavy atom. The van der Waals surface area contributed by atoms with Crippen LogP contribution in [-0.4, -0.2) is 67.1 Å². The molecule has 0 fully saturated rings. The number of amides is 1. The van der Waals surface area contributed by atoms with E-state index in [1.165, 1.54) is 12.4 Å². The molecule has 10 nitrogen and oxygen atoms in total. The second kappa shape index (κ2) is 12.1. The Balaban J connectivity index is 1.91. The summed E-state index contributed by atoms with van der Waals surface area (Å²) >= 11 is 3.45. The number of likely N-dealkylation sites (N-methyl/N-ethyl adjacent to an activating group) is 2. The molecule has 0 spiro atoms. The number of halogens is 1. The molecule has 0 unspecified atom stereocenters. The van der Waals surface area contributed by atoms with Gasteiger partial charge in [0.2, 0.25) is 17.8 Å². The summed E-state index contributed by atoms with van der Waals surface area (Å²) in [5.74, 6) is 0.935. The monoisotopic (exact) mass is 540 g/mol. The first-order chi connectivity index (χ1) is 16.8. The summed E-state index contributed by atoms with van der Waals surface area (Å²) < 4.78 is 6.57. The van der Waals surface area contributed by atoms with Gasteiger partial charge in [0.05, 0.1) is 24.2 Å². The van der Waals surface area contributed by atoms with Gasteiger partial charge in [0.1, 0.15) is 12.1 Å². The fraction of sp³-hybridized carbons (Fsp3) is 0.250. The highest BCUT2D eigenvalue weighted by atomic mass is 79.9. The average molecular weight is 541 g/mol. The largest absolute Gasteiger partial charge is 0.494 e. The summed E-state index contributed by atoms with van der Waals surface area (Å²) in [5, 5.41) is 9.20. The van der Waals surface area contributed by atoms with Crippen molar-refractivity contribution >= 4 is 56.5 Å². The average Bonchev–Trinajstić information content (AvgIpc) is 2.83. The number of nitrogens with zero attached hydrogens (tertiary/aromatic N) is 5. The third-order valence-corrected chi connectivity index (χ3v) is 5.45. The maximum absolute atomic E-state index is 12.1. The second-order valence-electron chi connectivity index (χ2n) is 7.88.